The zero-order chi connectivity index (χ0) is 7.68. The molecular formula is C9H17NO. The number of piperidine rings is 1. The maximum absolute atomic E-state index is 5.71. The summed E-state index contributed by atoms with van der Waals surface area (Å²) >= 11 is 0. The molecule has 0 aromatic heterocycles. The molecule has 2 saturated heterocycles. The van der Waals surface area contributed by atoms with E-state index in [0.717, 1.165) is 12.6 Å². The first-order valence-electron chi connectivity index (χ1n) is 4.70. The number of fused-ring (bicyclic) bond motifs is 1. The predicted molar refractivity (Wildman–Crippen MR) is 44.6 cm³/mol. The van der Waals surface area contributed by atoms with Crippen molar-refractivity contribution in [2.24, 2.45) is 0 Å². The van der Waals surface area contributed by atoms with Gasteiger partial charge in [-0.15, -0.1) is 0 Å². The maximum atomic E-state index is 5.71. The Labute approximate surface area is 68.5 Å². The Morgan fingerprint density at radius 3 is 3.00 bits per heavy atom. The minimum atomic E-state index is 0.558. The van der Waals surface area contributed by atoms with Crippen LogP contribution in [0.15, 0.2) is 0 Å². The fourth-order valence-corrected chi connectivity index (χ4v) is 2.31. The molecular weight excluding hydrogens is 138 g/mol. The second-order valence-electron chi connectivity index (χ2n) is 3.74. The third-order valence-corrected chi connectivity index (χ3v) is 2.97. The highest BCUT2D eigenvalue weighted by atomic mass is 16.5. The molecule has 0 amide bonds. The summed E-state index contributed by atoms with van der Waals surface area (Å²) in [5.74, 6) is 0. The molecule has 2 heterocycles. The first-order valence-corrected chi connectivity index (χ1v) is 4.70. The van der Waals surface area contributed by atoms with Crippen LogP contribution in [-0.2, 0) is 4.74 Å². The van der Waals surface area contributed by atoms with Gasteiger partial charge in [0.05, 0.1) is 6.10 Å². The molecule has 0 aromatic rings. The molecule has 0 aromatic carbocycles. The zero-order valence-electron chi connectivity index (χ0n) is 7.25. The average molecular weight is 155 g/mol. The normalized spacial score (nSPS) is 40.1. The first-order chi connectivity index (χ1) is 5.38. The van der Waals surface area contributed by atoms with Crippen LogP contribution in [0.3, 0.4) is 0 Å². The molecule has 0 bridgehead atoms. The van der Waals surface area contributed by atoms with Crippen molar-refractivity contribution in [1.82, 2.24) is 4.90 Å². The SMILES string of the molecule is CN1CCCC2OCCCC21. The Morgan fingerprint density at radius 1 is 1.27 bits per heavy atom. The number of rotatable bonds is 0. The summed E-state index contributed by atoms with van der Waals surface area (Å²) in [6, 6.07) is 0.734. The third-order valence-electron chi connectivity index (χ3n) is 2.97. The Balaban J connectivity index is 1.99. The van der Waals surface area contributed by atoms with Gasteiger partial charge < -0.3 is 9.64 Å². The Morgan fingerprint density at radius 2 is 2.18 bits per heavy atom. The van der Waals surface area contributed by atoms with Gasteiger partial charge in [-0.05, 0) is 39.3 Å². The highest BCUT2D eigenvalue weighted by Crippen LogP contribution is 2.26. The molecule has 0 saturated carbocycles. The van der Waals surface area contributed by atoms with Gasteiger partial charge >= 0.3 is 0 Å². The van der Waals surface area contributed by atoms with Crippen LogP contribution in [-0.4, -0.2) is 37.2 Å². The van der Waals surface area contributed by atoms with Gasteiger partial charge in [0.1, 0.15) is 0 Å². The van der Waals surface area contributed by atoms with Crippen molar-refractivity contribution < 1.29 is 4.74 Å². The van der Waals surface area contributed by atoms with Gasteiger partial charge in [0.25, 0.3) is 0 Å². The highest BCUT2D eigenvalue weighted by molar-refractivity contribution is 4.85. The van der Waals surface area contributed by atoms with Crippen LogP contribution in [0.2, 0.25) is 0 Å². The number of hydrogen-bond acceptors (Lipinski definition) is 2. The average Bonchev–Trinajstić information content (AvgIpc) is 2.06. The van der Waals surface area contributed by atoms with Crippen LogP contribution >= 0.6 is 0 Å². The number of ether oxygens (including phenoxy) is 1. The Hall–Kier alpha value is -0.0800. The van der Waals surface area contributed by atoms with E-state index in [1.54, 1.807) is 0 Å². The molecule has 2 heteroatoms. The summed E-state index contributed by atoms with van der Waals surface area (Å²) in [7, 11) is 2.23. The first kappa shape index (κ1) is 7.56. The van der Waals surface area contributed by atoms with Crippen molar-refractivity contribution in [2.45, 2.75) is 37.8 Å². The molecule has 2 aliphatic rings. The maximum Gasteiger partial charge on any atom is 0.0730 e. The Bertz CT molecular complexity index is 136. The van der Waals surface area contributed by atoms with Gasteiger partial charge in [-0.1, -0.05) is 0 Å². The molecule has 0 spiro atoms. The number of likely N-dealkylation sites (N-methyl/N-ethyl adjacent to an activating group) is 1. The van der Waals surface area contributed by atoms with E-state index in [4.69, 9.17) is 4.74 Å². The fraction of sp³-hybridized carbons (Fsp3) is 1.00. The second-order valence-corrected chi connectivity index (χ2v) is 3.74. The molecule has 2 aliphatic heterocycles. The molecule has 2 fully saturated rings. The number of likely N-dealkylation sites (tertiary alicyclic amines) is 1. The van der Waals surface area contributed by atoms with Gasteiger partial charge in [-0.2, -0.15) is 0 Å². The molecule has 0 radical (unpaired) electrons. The molecule has 2 atom stereocenters. The number of nitrogens with zero attached hydrogens (tertiary/aromatic N) is 1. The van der Waals surface area contributed by atoms with E-state index in [0.29, 0.717) is 6.10 Å². The minimum Gasteiger partial charge on any atom is -0.377 e. The molecule has 2 rings (SSSR count). The van der Waals surface area contributed by atoms with Crippen LogP contribution < -0.4 is 0 Å². The summed E-state index contributed by atoms with van der Waals surface area (Å²) in [4.78, 5) is 2.47. The molecule has 0 aliphatic carbocycles. The lowest BCUT2D eigenvalue weighted by Gasteiger charge is -2.41. The summed E-state index contributed by atoms with van der Waals surface area (Å²) in [6.07, 6.45) is 5.77. The summed E-state index contributed by atoms with van der Waals surface area (Å²) in [5, 5.41) is 0. The molecule has 2 unspecified atom stereocenters. The van der Waals surface area contributed by atoms with Crippen molar-refractivity contribution in [2.75, 3.05) is 20.2 Å². The summed E-state index contributed by atoms with van der Waals surface area (Å²) < 4.78 is 5.71. The summed E-state index contributed by atoms with van der Waals surface area (Å²) in [5.41, 5.74) is 0. The van der Waals surface area contributed by atoms with Crippen LogP contribution in [0, 0.1) is 0 Å². The van der Waals surface area contributed by atoms with Crippen LogP contribution in [0.25, 0.3) is 0 Å². The Kier molecular flexibility index (Phi) is 2.14. The van der Waals surface area contributed by atoms with Crippen LogP contribution in [0.4, 0.5) is 0 Å². The van der Waals surface area contributed by atoms with Crippen LogP contribution in [0.1, 0.15) is 25.7 Å². The summed E-state index contributed by atoms with van der Waals surface area (Å²) in [6.45, 7) is 2.26. The quantitative estimate of drug-likeness (QED) is 0.522. The van der Waals surface area contributed by atoms with E-state index in [9.17, 15) is 0 Å². The largest absolute Gasteiger partial charge is 0.377 e. The molecule has 11 heavy (non-hydrogen) atoms. The van der Waals surface area contributed by atoms with Crippen LogP contribution in [0.5, 0.6) is 0 Å². The van der Waals surface area contributed by atoms with Gasteiger partial charge in [0.2, 0.25) is 0 Å². The zero-order valence-corrected chi connectivity index (χ0v) is 7.25. The van der Waals surface area contributed by atoms with Crippen molar-refractivity contribution >= 4 is 0 Å². The fourth-order valence-electron chi connectivity index (χ4n) is 2.31. The third kappa shape index (κ3) is 1.42. The van der Waals surface area contributed by atoms with Crippen molar-refractivity contribution in [3.8, 4) is 0 Å². The molecule has 0 N–H and O–H groups in total. The van der Waals surface area contributed by atoms with Gasteiger partial charge in [-0.3, -0.25) is 0 Å². The van der Waals surface area contributed by atoms with E-state index in [1.165, 1.54) is 32.2 Å². The standard InChI is InChI=1S/C9H17NO/c1-10-6-2-5-9-8(10)4-3-7-11-9/h8-9H,2-7H2,1H3. The van der Waals surface area contributed by atoms with E-state index in [2.05, 4.69) is 11.9 Å². The highest BCUT2D eigenvalue weighted by Gasteiger charge is 2.31. The van der Waals surface area contributed by atoms with Crippen molar-refractivity contribution in [3.63, 3.8) is 0 Å². The van der Waals surface area contributed by atoms with Crippen molar-refractivity contribution in [1.29, 1.82) is 0 Å². The molecule has 2 nitrogen and oxygen atoms in total. The van der Waals surface area contributed by atoms with E-state index in [-0.39, 0.29) is 0 Å². The predicted octanol–water partition coefficient (Wildman–Crippen LogP) is 1.26. The lowest BCUT2D eigenvalue weighted by atomic mass is 9.93. The number of hydrogen-bond donors (Lipinski definition) is 0. The van der Waals surface area contributed by atoms with Crippen molar-refractivity contribution in [3.05, 3.63) is 0 Å². The second kappa shape index (κ2) is 3.11. The van der Waals surface area contributed by atoms with E-state index in [1.807, 2.05) is 0 Å². The monoisotopic (exact) mass is 155 g/mol. The lowest BCUT2D eigenvalue weighted by molar-refractivity contribution is -0.0674. The van der Waals surface area contributed by atoms with Gasteiger partial charge in [-0.25, -0.2) is 0 Å². The topological polar surface area (TPSA) is 12.5 Å². The van der Waals surface area contributed by atoms with Gasteiger partial charge in [0.15, 0.2) is 0 Å². The minimum absolute atomic E-state index is 0.558. The van der Waals surface area contributed by atoms with Gasteiger partial charge in [0, 0.05) is 12.6 Å². The van der Waals surface area contributed by atoms with E-state index < -0.39 is 0 Å². The smallest absolute Gasteiger partial charge is 0.0730 e. The van der Waals surface area contributed by atoms with E-state index >= 15 is 0 Å². The lowest BCUT2D eigenvalue weighted by Crippen LogP contribution is -2.49. The molecule has 64 valence electrons.